The number of benzene rings is 2. The van der Waals surface area contributed by atoms with Crippen LogP contribution in [0.15, 0.2) is 77.4 Å². The van der Waals surface area contributed by atoms with E-state index in [-0.39, 0.29) is 18.5 Å². The van der Waals surface area contributed by atoms with Gasteiger partial charge in [-0.2, -0.15) is 0 Å². The fourth-order valence-electron chi connectivity index (χ4n) is 3.58. The van der Waals surface area contributed by atoms with Crippen molar-refractivity contribution in [2.45, 2.75) is 18.9 Å². The molecule has 4 rings (SSSR count). The van der Waals surface area contributed by atoms with E-state index in [2.05, 4.69) is 10.6 Å². The molecule has 0 aliphatic carbocycles. The Kier molecular flexibility index (Phi) is 6.52. The summed E-state index contributed by atoms with van der Waals surface area (Å²) in [7, 11) is 0. The summed E-state index contributed by atoms with van der Waals surface area (Å²) in [4.78, 5) is 26.7. The van der Waals surface area contributed by atoms with Crippen molar-refractivity contribution >= 4 is 17.6 Å². The normalized spacial score (nSPS) is 14.1. The standard InChI is InChI=1S/C24H25N3O4/c28-22(27-13-4-5-14-27)17-31-20-11-6-10-19(16-20)25-24(29)26-23(21-12-7-15-30-21)18-8-2-1-3-9-18/h1-3,6-12,15-16,23H,4-5,13-14,17H2,(H2,25,26,29). The Bertz CT molecular complexity index is 999. The third kappa shape index (κ3) is 5.45. The number of rotatable bonds is 7. The van der Waals surface area contributed by atoms with Gasteiger partial charge in [0.05, 0.1) is 6.26 Å². The SMILES string of the molecule is O=C(Nc1cccc(OCC(=O)N2CCCC2)c1)NC(c1ccccc1)c1ccco1. The molecule has 0 spiro atoms. The van der Waals surface area contributed by atoms with Crippen LogP contribution < -0.4 is 15.4 Å². The van der Waals surface area contributed by atoms with Crippen LogP contribution in [-0.4, -0.2) is 36.5 Å². The summed E-state index contributed by atoms with van der Waals surface area (Å²) in [5.74, 6) is 1.15. The lowest BCUT2D eigenvalue weighted by Gasteiger charge is -2.18. The van der Waals surface area contributed by atoms with Crippen molar-refractivity contribution in [2.24, 2.45) is 0 Å². The molecule has 0 saturated carbocycles. The highest BCUT2D eigenvalue weighted by molar-refractivity contribution is 5.90. The third-order valence-corrected chi connectivity index (χ3v) is 5.15. The second-order valence-corrected chi connectivity index (χ2v) is 7.36. The highest BCUT2D eigenvalue weighted by Crippen LogP contribution is 2.23. The number of ether oxygens (including phenoxy) is 1. The summed E-state index contributed by atoms with van der Waals surface area (Å²) < 4.78 is 11.2. The number of anilines is 1. The average Bonchev–Trinajstić information content (AvgIpc) is 3.51. The molecule has 31 heavy (non-hydrogen) atoms. The molecule has 0 radical (unpaired) electrons. The molecule has 0 bridgehead atoms. The van der Waals surface area contributed by atoms with E-state index in [4.69, 9.17) is 9.15 Å². The number of nitrogens with one attached hydrogen (secondary N) is 2. The summed E-state index contributed by atoms with van der Waals surface area (Å²) in [6.45, 7) is 1.58. The number of amides is 3. The Hall–Kier alpha value is -3.74. The highest BCUT2D eigenvalue weighted by atomic mass is 16.5. The number of carbonyl (C=O) groups is 2. The van der Waals surface area contributed by atoms with Crippen LogP contribution >= 0.6 is 0 Å². The summed E-state index contributed by atoms with van der Waals surface area (Å²) in [6.07, 6.45) is 3.67. The summed E-state index contributed by atoms with van der Waals surface area (Å²) in [5, 5.41) is 5.77. The maximum atomic E-state index is 12.7. The molecule has 2 aromatic carbocycles. The molecule has 1 fully saturated rings. The first kappa shape index (κ1) is 20.5. The van der Waals surface area contributed by atoms with E-state index in [1.807, 2.05) is 41.3 Å². The minimum atomic E-state index is -0.422. The van der Waals surface area contributed by atoms with E-state index >= 15 is 0 Å². The van der Waals surface area contributed by atoms with Crippen LogP contribution in [0.2, 0.25) is 0 Å². The Morgan fingerprint density at radius 3 is 2.55 bits per heavy atom. The average molecular weight is 419 g/mol. The predicted molar refractivity (Wildman–Crippen MR) is 117 cm³/mol. The number of carbonyl (C=O) groups excluding carboxylic acids is 2. The van der Waals surface area contributed by atoms with E-state index in [1.54, 1.807) is 36.6 Å². The zero-order valence-corrected chi connectivity index (χ0v) is 17.1. The Balaban J connectivity index is 1.37. The van der Waals surface area contributed by atoms with E-state index in [9.17, 15) is 9.59 Å². The number of urea groups is 1. The van der Waals surface area contributed by atoms with Gasteiger partial charge in [-0.1, -0.05) is 36.4 Å². The first-order valence-electron chi connectivity index (χ1n) is 10.4. The van der Waals surface area contributed by atoms with Crippen LogP contribution in [0.3, 0.4) is 0 Å². The Morgan fingerprint density at radius 2 is 1.81 bits per heavy atom. The fraction of sp³-hybridized carbons (Fsp3) is 0.250. The van der Waals surface area contributed by atoms with Crippen molar-refractivity contribution in [3.63, 3.8) is 0 Å². The lowest BCUT2D eigenvalue weighted by molar-refractivity contribution is -0.132. The minimum Gasteiger partial charge on any atom is -0.484 e. The van der Waals surface area contributed by atoms with Crippen LogP contribution in [0.1, 0.15) is 30.2 Å². The van der Waals surface area contributed by atoms with E-state index in [1.165, 1.54) is 0 Å². The molecule has 7 nitrogen and oxygen atoms in total. The van der Waals surface area contributed by atoms with Gasteiger partial charge >= 0.3 is 6.03 Å². The van der Waals surface area contributed by atoms with Crippen LogP contribution in [0.5, 0.6) is 5.75 Å². The lowest BCUT2D eigenvalue weighted by Crippen LogP contribution is -2.33. The Morgan fingerprint density at radius 1 is 1.00 bits per heavy atom. The quantitative estimate of drug-likeness (QED) is 0.601. The minimum absolute atomic E-state index is 0.00970. The molecule has 1 unspecified atom stereocenters. The van der Waals surface area contributed by atoms with Crippen LogP contribution in [0.4, 0.5) is 10.5 Å². The monoisotopic (exact) mass is 419 g/mol. The van der Waals surface area contributed by atoms with Gasteiger partial charge in [-0.3, -0.25) is 4.79 Å². The zero-order valence-electron chi connectivity index (χ0n) is 17.1. The number of nitrogens with zero attached hydrogens (tertiary/aromatic N) is 1. The summed E-state index contributed by atoms with van der Waals surface area (Å²) >= 11 is 0. The van der Waals surface area contributed by atoms with Gasteiger partial charge in [0.25, 0.3) is 5.91 Å². The van der Waals surface area contributed by atoms with Gasteiger partial charge in [0, 0.05) is 24.8 Å². The van der Waals surface area contributed by atoms with Crippen molar-refractivity contribution in [1.29, 1.82) is 0 Å². The second-order valence-electron chi connectivity index (χ2n) is 7.36. The molecule has 1 atom stereocenters. The number of hydrogen-bond acceptors (Lipinski definition) is 4. The molecule has 7 heteroatoms. The van der Waals surface area contributed by atoms with Gasteiger partial charge in [-0.25, -0.2) is 4.79 Å². The van der Waals surface area contributed by atoms with E-state index < -0.39 is 6.04 Å². The van der Waals surface area contributed by atoms with Crippen molar-refractivity contribution in [3.05, 3.63) is 84.3 Å². The largest absolute Gasteiger partial charge is 0.484 e. The molecule has 3 amide bonds. The predicted octanol–water partition coefficient (Wildman–Crippen LogP) is 4.19. The molecule has 1 aliphatic heterocycles. The van der Waals surface area contributed by atoms with Gasteiger partial charge in [-0.05, 0) is 42.7 Å². The fourth-order valence-corrected chi connectivity index (χ4v) is 3.58. The van der Waals surface area contributed by atoms with Crippen LogP contribution in [-0.2, 0) is 4.79 Å². The number of likely N-dealkylation sites (tertiary alicyclic amines) is 1. The van der Waals surface area contributed by atoms with Crippen molar-refractivity contribution < 1.29 is 18.7 Å². The smallest absolute Gasteiger partial charge is 0.320 e. The lowest BCUT2D eigenvalue weighted by atomic mass is 10.1. The molecular formula is C24H25N3O4. The van der Waals surface area contributed by atoms with Gasteiger partial charge < -0.3 is 24.7 Å². The molecule has 2 N–H and O–H groups in total. The van der Waals surface area contributed by atoms with Gasteiger partial charge in [0.2, 0.25) is 0 Å². The Labute approximate surface area is 181 Å². The third-order valence-electron chi connectivity index (χ3n) is 5.15. The first-order valence-corrected chi connectivity index (χ1v) is 10.4. The molecule has 3 aromatic rings. The topological polar surface area (TPSA) is 83.8 Å². The first-order chi connectivity index (χ1) is 15.2. The molecule has 1 saturated heterocycles. The molecule has 1 aromatic heterocycles. The second kappa shape index (κ2) is 9.84. The van der Waals surface area contributed by atoms with Gasteiger partial charge in [-0.15, -0.1) is 0 Å². The maximum Gasteiger partial charge on any atom is 0.320 e. The number of hydrogen-bond donors (Lipinski definition) is 2. The van der Waals surface area contributed by atoms with Crippen molar-refractivity contribution in [3.8, 4) is 5.75 Å². The van der Waals surface area contributed by atoms with Gasteiger partial charge in [0.15, 0.2) is 6.61 Å². The van der Waals surface area contributed by atoms with Crippen LogP contribution in [0.25, 0.3) is 0 Å². The van der Waals surface area contributed by atoms with E-state index in [0.29, 0.717) is 17.2 Å². The highest BCUT2D eigenvalue weighted by Gasteiger charge is 2.20. The van der Waals surface area contributed by atoms with E-state index in [0.717, 1.165) is 31.5 Å². The van der Waals surface area contributed by atoms with Crippen molar-refractivity contribution in [1.82, 2.24) is 10.2 Å². The molecule has 160 valence electrons. The zero-order chi connectivity index (χ0) is 21.5. The van der Waals surface area contributed by atoms with Crippen LogP contribution in [0, 0.1) is 0 Å². The summed E-state index contributed by atoms with van der Waals surface area (Å²) in [5.41, 5.74) is 1.47. The maximum absolute atomic E-state index is 12.7. The van der Waals surface area contributed by atoms with Crippen molar-refractivity contribution in [2.75, 3.05) is 25.0 Å². The number of furan rings is 1. The molecule has 2 heterocycles. The van der Waals surface area contributed by atoms with Gasteiger partial charge in [0.1, 0.15) is 17.6 Å². The molecular weight excluding hydrogens is 394 g/mol. The summed E-state index contributed by atoms with van der Waals surface area (Å²) in [6, 6.07) is 19.4. The molecule has 1 aliphatic rings.